The Kier molecular flexibility index (Phi) is 3.10. The third-order valence-corrected chi connectivity index (χ3v) is 3.48. The van der Waals surface area contributed by atoms with Crippen LogP contribution in [0.4, 0.5) is 11.7 Å². The number of aryl methyl sites for hydroxylation is 1. The summed E-state index contributed by atoms with van der Waals surface area (Å²) < 4.78 is 5.57. The number of carboxylic acid groups (broad SMARTS) is 1. The minimum absolute atomic E-state index is 0.178. The van der Waals surface area contributed by atoms with Gasteiger partial charge in [0.15, 0.2) is 5.58 Å². The molecule has 0 unspecified atom stereocenters. The molecule has 0 radical (unpaired) electrons. The normalized spacial score (nSPS) is 10.8. The van der Waals surface area contributed by atoms with Crippen molar-refractivity contribution in [3.8, 4) is 0 Å². The predicted molar refractivity (Wildman–Crippen MR) is 80.2 cm³/mol. The van der Waals surface area contributed by atoms with Crippen LogP contribution in [-0.4, -0.2) is 16.1 Å². The van der Waals surface area contributed by atoms with Crippen LogP contribution in [0, 0.1) is 13.8 Å². The Hall–Kier alpha value is -2.82. The molecule has 1 aromatic heterocycles. The lowest BCUT2D eigenvalue weighted by Gasteiger charge is -2.07. The molecule has 0 saturated carbocycles. The summed E-state index contributed by atoms with van der Waals surface area (Å²) in [5.74, 6) is -0.989. The molecule has 0 saturated heterocycles. The number of oxazole rings is 1. The van der Waals surface area contributed by atoms with Crippen molar-refractivity contribution in [1.82, 2.24) is 4.98 Å². The molecule has 0 bridgehead atoms. The van der Waals surface area contributed by atoms with Gasteiger partial charge in [-0.25, -0.2) is 4.79 Å². The maximum Gasteiger partial charge on any atom is 0.335 e. The van der Waals surface area contributed by atoms with Crippen molar-refractivity contribution in [2.45, 2.75) is 13.8 Å². The van der Waals surface area contributed by atoms with Gasteiger partial charge >= 0.3 is 5.97 Å². The number of carboxylic acids is 1. The number of hydrogen-bond donors (Lipinski definition) is 2. The van der Waals surface area contributed by atoms with Gasteiger partial charge in [-0.05, 0) is 49.2 Å². The van der Waals surface area contributed by atoms with Crippen molar-refractivity contribution in [3.63, 3.8) is 0 Å². The van der Waals surface area contributed by atoms with E-state index in [0.29, 0.717) is 17.1 Å². The zero-order valence-corrected chi connectivity index (χ0v) is 11.7. The van der Waals surface area contributed by atoms with Gasteiger partial charge in [-0.3, -0.25) is 0 Å². The summed E-state index contributed by atoms with van der Waals surface area (Å²) in [4.78, 5) is 15.3. The number of hydrogen-bond acceptors (Lipinski definition) is 4. The minimum atomic E-state index is -0.989. The van der Waals surface area contributed by atoms with E-state index in [9.17, 15) is 4.79 Å². The second-order valence-corrected chi connectivity index (χ2v) is 4.88. The number of aromatic nitrogens is 1. The average Bonchev–Trinajstić information content (AvgIpc) is 2.85. The van der Waals surface area contributed by atoms with E-state index in [2.05, 4.69) is 10.3 Å². The molecule has 106 valence electrons. The SMILES string of the molecule is Cc1cccc(Nc2nc3ccc(C(=O)O)cc3o2)c1C. The molecule has 0 aliphatic carbocycles. The molecule has 0 fully saturated rings. The summed E-state index contributed by atoms with van der Waals surface area (Å²) >= 11 is 0. The summed E-state index contributed by atoms with van der Waals surface area (Å²) in [6.07, 6.45) is 0. The molecule has 2 N–H and O–H groups in total. The number of anilines is 2. The number of aromatic carboxylic acids is 1. The van der Waals surface area contributed by atoms with Crippen molar-refractivity contribution in [1.29, 1.82) is 0 Å². The molecule has 21 heavy (non-hydrogen) atoms. The lowest BCUT2D eigenvalue weighted by Crippen LogP contribution is -1.94. The van der Waals surface area contributed by atoms with Crippen LogP contribution in [0.25, 0.3) is 11.1 Å². The molecular formula is C16H14N2O3. The highest BCUT2D eigenvalue weighted by atomic mass is 16.4. The second-order valence-electron chi connectivity index (χ2n) is 4.88. The molecule has 3 aromatic rings. The number of carbonyl (C=O) groups is 1. The van der Waals surface area contributed by atoms with Crippen LogP contribution < -0.4 is 5.32 Å². The lowest BCUT2D eigenvalue weighted by molar-refractivity contribution is 0.0697. The van der Waals surface area contributed by atoms with Gasteiger partial charge in [0.25, 0.3) is 6.01 Å². The van der Waals surface area contributed by atoms with E-state index in [1.54, 1.807) is 6.07 Å². The van der Waals surface area contributed by atoms with Crippen molar-refractivity contribution in [2.75, 3.05) is 5.32 Å². The van der Waals surface area contributed by atoms with Crippen LogP contribution in [0.1, 0.15) is 21.5 Å². The highest BCUT2D eigenvalue weighted by molar-refractivity contribution is 5.92. The highest BCUT2D eigenvalue weighted by Crippen LogP contribution is 2.25. The minimum Gasteiger partial charge on any atom is -0.478 e. The van der Waals surface area contributed by atoms with E-state index in [-0.39, 0.29) is 5.56 Å². The Balaban J connectivity index is 1.98. The number of nitrogens with zero attached hydrogens (tertiary/aromatic N) is 1. The summed E-state index contributed by atoms with van der Waals surface area (Å²) in [7, 11) is 0. The van der Waals surface area contributed by atoms with Crippen LogP contribution in [-0.2, 0) is 0 Å². The molecule has 1 heterocycles. The Labute approximate surface area is 121 Å². The Bertz CT molecular complexity index is 837. The van der Waals surface area contributed by atoms with Gasteiger partial charge in [-0.1, -0.05) is 12.1 Å². The number of benzene rings is 2. The van der Waals surface area contributed by atoms with Gasteiger partial charge in [0.2, 0.25) is 0 Å². The molecule has 0 spiro atoms. The van der Waals surface area contributed by atoms with Crippen molar-refractivity contribution >= 4 is 28.8 Å². The van der Waals surface area contributed by atoms with Gasteiger partial charge in [0.05, 0.1) is 5.56 Å². The fraction of sp³-hybridized carbons (Fsp3) is 0.125. The predicted octanol–water partition coefficient (Wildman–Crippen LogP) is 3.89. The number of nitrogens with one attached hydrogen (secondary N) is 1. The zero-order valence-electron chi connectivity index (χ0n) is 11.7. The fourth-order valence-electron chi connectivity index (χ4n) is 2.11. The lowest BCUT2D eigenvalue weighted by atomic mass is 10.1. The summed E-state index contributed by atoms with van der Waals surface area (Å²) in [6, 6.07) is 10.9. The van der Waals surface area contributed by atoms with E-state index in [0.717, 1.165) is 11.3 Å². The zero-order chi connectivity index (χ0) is 15.0. The molecular weight excluding hydrogens is 268 g/mol. The largest absolute Gasteiger partial charge is 0.478 e. The highest BCUT2D eigenvalue weighted by Gasteiger charge is 2.10. The number of rotatable bonds is 3. The molecule has 0 aliphatic heterocycles. The van der Waals surface area contributed by atoms with E-state index in [4.69, 9.17) is 9.52 Å². The van der Waals surface area contributed by atoms with Crippen molar-refractivity contribution in [3.05, 3.63) is 53.1 Å². The summed E-state index contributed by atoms with van der Waals surface area (Å²) in [5.41, 5.74) is 4.45. The Morgan fingerprint density at radius 2 is 2.05 bits per heavy atom. The van der Waals surface area contributed by atoms with Gasteiger partial charge in [-0.2, -0.15) is 4.98 Å². The Morgan fingerprint density at radius 1 is 1.24 bits per heavy atom. The van der Waals surface area contributed by atoms with Crippen LogP contribution in [0.2, 0.25) is 0 Å². The van der Waals surface area contributed by atoms with Gasteiger partial charge < -0.3 is 14.8 Å². The third kappa shape index (κ3) is 2.45. The smallest absolute Gasteiger partial charge is 0.335 e. The summed E-state index contributed by atoms with van der Waals surface area (Å²) in [6.45, 7) is 4.05. The molecule has 0 aliphatic rings. The van der Waals surface area contributed by atoms with Gasteiger partial charge in [0, 0.05) is 5.69 Å². The van der Waals surface area contributed by atoms with Gasteiger partial charge in [0.1, 0.15) is 5.52 Å². The first-order valence-electron chi connectivity index (χ1n) is 6.52. The summed E-state index contributed by atoms with van der Waals surface area (Å²) in [5, 5.41) is 12.1. The van der Waals surface area contributed by atoms with Crippen LogP contribution in [0.5, 0.6) is 0 Å². The first-order chi connectivity index (χ1) is 10.0. The molecule has 0 atom stereocenters. The standard InChI is InChI=1S/C16H14N2O3/c1-9-4-3-5-12(10(9)2)17-16-18-13-7-6-11(15(19)20)8-14(13)21-16/h3-8H,1-2H3,(H,17,18)(H,19,20). The van der Waals surface area contributed by atoms with Crippen LogP contribution in [0.3, 0.4) is 0 Å². The fourth-order valence-corrected chi connectivity index (χ4v) is 2.11. The maximum atomic E-state index is 10.9. The van der Waals surface area contributed by atoms with Crippen LogP contribution >= 0.6 is 0 Å². The van der Waals surface area contributed by atoms with E-state index in [1.807, 2.05) is 32.0 Å². The topological polar surface area (TPSA) is 75.4 Å². The quantitative estimate of drug-likeness (QED) is 0.762. The molecule has 2 aromatic carbocycles. The van der Waals surface area contributed by atoms with Gasteiger partial charge in [-0.15, -0.1) is 0 Å². The van der Waals surface area contributed by atoms with Crippen molar-refractivity contribution in [2.24, 2.45) is 0 Å². The second kappa shape index (κ2) is 4.94. The molecule has 0 amide bonds. The molecule has 3 rings (SSSR count). The third-order valence-electron chi connectivity index (χ3n) is 3.48. The van der Waals surface area contributed by atoms with Crippen molar-refractivity contribution < 1.29 is 14.3 Å². The molecule has 5 nitrogen and oxygen atoms in total. The monoisotopic (exact) mass is 282 g/mol. The van der Waals surface area contributed by atoms with E-state index >= 15 is 0 Å². The maximum absolute atomic E-state index is 10.9. The number of fused-ring (bicyclic) bond motifs is 1. The Morgan fingerprint density at radius 3 is 2.81 bits per heavy atom. The first-order valence-corrected chi connectivity index (χ1v) is 6.52. The first kappa shape index (κ1) is 13.2. The van der Waals surface area contributed by atoms with Crippen LogP contribution in [0.15, 0.2) is 40.8 Å². The molecule has 5 heteroatoms. The van der Waals surface area contributed by atoms with E-state index < -0.39 is 5.97 Å². The van der Waals surface area contributed by atoms with E-state index in [1.165, 1.54) is 17.7 Å². The average molecular weight is 282 g/mol.